The van der Waals surface area contributed by atoms with Gasteiger partial charge in [-0.05, 0) is 25.8 Å². The highest BCUT2D eigenvalue weighted by atomic mass is 16.5. The van der Waals surface area contributed by atoms with Crippen LogP contribution in [0.15, 0.2) is 18.2 Å². The molecule has 1 aromatic carbocycles. The Morgan fingerprint density at radius 1 is 1.33 bits per heavy atom. The van der Waals surface area contributed by atoms with Crippen molar-refractivity contribution in [1.29, 1.82) is 0 Å². The zero-order valence-electron chi connectivity index (χ0n) is 12.8. The number of nitrogens with one attached hydrogen (secondary N) is 1. The molecular weight excluding hydrogens is 270 g/mol. The van der Waals surface area contributed by atoms with Crippen LogP contribution in [0.5, 0.6) is 0 Å². The van der Waals surface area contributed by atoms with Crippen molar-refractivity contribution in [3.63, 3.8) is 0 Å². The number of hydrogen-bond donors (Lipinski definition) is 2. The van der Waals surface area contributed by atoms with E-state index in [1.165, 1.54) is 0 Å². The van der Waals surface area contributed by atoms with E-state index < -0.39 is 12.0 Å². The second-order valence-electron chi connectivity index (χ2n) is 5.11. The molecule has 2 N–H and O–H groups in total. The molecule has 1 unspecified atom stereocenters. The molecule has 1 atom stereocenters. The van der Waals surface area contributed by atoms with Gasteiger partial charge in [-0.3, -0.25) is 9.59 Å². The Hall–Kier alpha value is -1.72. The molecule has 0 fully saturated rings. The van der Waals surface area contributed by atoms with Gasteiger partial charge in [0.15, 0.2) is 5.78 Å². The number of Topliss-reactive ketones (excluding diaryl/α,β-unsaturated/α-hetero) is 1. The average Bonchev–Trinajstić information content (AvgIpc) is 2.41. The second kappa shape index (κ2) is 8.54. The maximum absolute atomic E-state index is 12.6. The van der Waals surface area contributed by atoms with Crippen molar-refractivity contribution in [2.75, 3.05) is 20.3 Å². The SMILES string of the molecule is COCCNC(CCC(=O)O)C(=O)c1ccc(C)cc1C. The van der Waals surface area contributed by atoms with Gasteiger partial charge in [-0.1, -0.05) is 23.8 Å². The number of ether oxygens (including phenoxy) is 1. The number of carbonyl (C=O) groups is 2. The number of carboxylic acids is 1. The first kappa shape index (κ1) is 17.3. The van der Waals surface area contributed by atoms with E-state index in [-0.39, 0.29) is 18.6 Å². The van der Waals surface area contributed by atoms with Crippen LogP contribution in [0.4, 0.5) is 0 Å². The Kier molecular flexibility index (Phi) is 7.05. The van der Waals surface area contributed by atoms with Crippen LogP contribution in [0.25, 0.3) is 0 Å². The van der Waals surface area contributed by atoms with Gasteiger partial charge in [-0.15, -0.1) is 0 Å². The molecule has 0 heterocycles. The summed E-state index contributed by atoms with van der Waals surface area (Å²) in [6.07, 6.45) is 0.229. The zero-order valence-corrected chi connectivity index (χ0v) is 12.8. The van der Waals surface area contributed by atoms with Crippen LogP contribution in [0.1, 0.15) is 34.3 Å². The second-order valence-corrected chi connectivity index (χ2v) is 5.11. The highest BCUT2D eigenvalue weighted by molar-refractivity contribution is 6.01. The van der Waals surface area contributed by atoms with E-state index in [1.807, 2.05) is 26.0 Å². The summed E-state index contributed by atoms with van der Waals surface area (Å²) >= 11 is 0. The molecule has 5 nitrogen and oxygen atoms in total. The summed E-state index contributed by atoms with van der Waals surface area (Å²) in [7, 11) is 1.58. The van der Waals surface area contributed by atoms with E-state index in [2.05, 4.69) is 5.32 Å². The molecule has 1 aromatic rings. The third-order valence-electron chi connectivity index (χ3n) is 3.31. The molecule has 0 aliphatic rings. The van der Waals surface area contributed by atoms with Gasteiger partial charge < -0.3 is 15.2 Å². The number of rotatable bonds is 9. The van der Waals surface area contributed by atoms with E-state index in [9.17, 15) is 9.59 Å². The lowest BCUT2D eigenvalue weighted by Crippen LogP contribution is -2.39. The Morgan fingerprint density at radius 2 is 2.05 bits per heavy atom. The van der Waals surface area contributed by atoms with Crippen LogP contribution in [-0.4, -0.2) is 43.2 Å². The molecule has 21 heavy (non-hydrogen) atoms. The lowest BCUT2D eigenvalue weighted by Gasteiger charge is -2.18. The van der Waals surface area contributed by atoms with Gasteiger partial charge in [0, 0.05) is 25.6 Å². The molecule has 0 aromatic heterocycles. The normalized spacial score (nSPS) is 12.1. The third kappa shape index (κ3) is 5.65. The van der Waals surface area contributed by atoms with Gasteiger partial charge in [0.05, 0.1) is 12.6 Å². The monoisotopic (exact) mass is 293 g/mol. The minimum atomic E-state index is -0.901. The van der Waals surface area contributed by atoms with E-state index in [4.69, 9.17) is 9.84 Å². The largest absolute Gasteiger partial charge is 0.481 e. The summed E-state index contributed by atoms with van der Waals surface area (Å²) in [4.78, 5) is 23.3. The number of hydrogen-bond acceptors (Lipinski definition) is 4. The molecule has 0 spiro atoms. The number of methoxy groups -OCH3 is 1. The highest BCUT2D eigenvalue weighted by Crippen LogP contribution is 2.15. The smallest absolute Gasteiger partial charge is 0.303 e. The minimum Gasteiger partial charge on any atom is -0.481 e. The Balaban J connectivity index is 2.83. The summed E-state index contributed by atoms with van der Waals surface area (Å²) < 4.78 is 4.95. The first-order valence-electron chi connectivity index (χ1n) is 7.01. The maximum atomic E-state index is 12.6. The number of carbonyl (C=O) groups excluding carboxylic acids is 1. The predicted octanol–water partition coefficient (Wildman–Crippen LogP) is 1.96. The summed E-state index contributed by atoms with van der Waals surface area (Å²) in [5.74, 6) is -0.966. The fourth-order valence-electron chi connectivity index (χ4n) is 2.21. The molecule has 0 aliphatic carbocycles. The fourth-order valence-corrected chi connectivity index (χ4v) is 2.21. The molecule has 0 amide bonds. The van der Waals surface area contributed by atoms with Crippen LogP contribution in [-0.2, 0) is 9.53 Å². The Labute approximate surface area is 125 Å². The topological polar surface area (TPSA) is 75.6 Å². The van der Waals surface area contributed by atoms with Crippen LogP contribution >= 0.6 is 0 Å². The van der Waals surface area contributed by atoms with Gasteiger partial charge in [-0.25, -0.2) is 0 Å². The van der Waals surface area contributed by atoms with Crippen LogP contribution in [0.2, 0.25) is 0 Å². The standard InChI is InChI=1S/C16H23NO4/c1-11-4-5-13(12(2)10-11)16(20)14(6-7-15(18)19)17-8-9-21-3/h4-5,10,14,17H,6-9H2,1-3H3,(H,18,19). The summed E-state index contributed by atoms with van der Waals surface area (Å²) in [5.41, 5.74) is 2.65. The van der Waals surface area contributed by atoms with Crippen LogP contribution in [0.3, 0.4) is 0 Å². The third-order valence-corrected chi connectivity index (χ3v) is 3.31. The van der Waals surface area contributed by atoms with E-state index in [1.54, 1.807) is 13.2 Å². The number of aryl methyl sites for hydroxylation is 2. The Bertz CT molecular complexity index is 499. The highest BCUT2D eigenvalue weighted by Gasteiger charge is 2.21. The maximum Gasteiger partial charge on any atom is 0.303 e. The molecule has 5 heteroatoms. The summed E-state index contributed by atoms with van der Waals surface area (Å²) in [5, 5.41) is 11.9. The van der Waals surface area contributed by atoms with E-state index in [0.717, 1.165) is 11.1 Å². The number of benzene rings is 1. The Morgan fingerprint density at radius 3 is 2.62 bits per heavy atom. The first-order chi connectivity index (χ1) is 9.95. The van der Waals surface area contributed by atoms with Crippen molar-refractivity contribution < 1.29 is 19.4 Å². The molecule has 0 saturated heterocycles. The lowest BCUT2D eigenvalue weighted by atomic mass is 9.95. The van der Waals surface area contributed by atoms with Crippen molar-refractivity contribution >= 4 is 11.8 Å². The van der Waals surface area contributed by atoms with Crippen molar-refractivity contribution in [1.82, 2.24) is 5.32 Å². The van der Waals surface area contributed by atoms with Gasteiger partial charge in [-0.2, -0.15) is 0 Å². The van der Waals surface area contributed by atoms with Crippen molar-refractivity contribution in [3.05, 3.63) is 34.9 Å². The summed E-state index contributed by atoms with van der Waals surface area (Å²) in [6.45, 7) is 4.85. The molecular formula is C16H23NO4. The molecule has 0 radical (unpaired) electrons. The number of ketones is 1. The minimum absolute atomic E-state index is 0.0404. The van der Waals surface area contributed by atoms with Crippen LogP contribution in [0, 0.1) is 13.8 Å². The van der Waals surface area contributed by atoms with Crippen molar-refractivity contribution in [2.45, 2.75) is 32.7 Å². The molecule has 0 bridgehead atoms. The number of aliphatic carboxylic acids is 1. The van der Waals surface area contributed by atoms with Crippen LogP contribution < -0.4 is 5.32 Å². The summed E-state index contributed by atoms with van der Waals surface area (Å²) in [6, 6.07) is 5.15. The van der Waals surface area contributed by atoms with E-state index in [0.29, 0.717) is 18.7 Å². The molecule has 0 aliphatic heterocycles. The fraction of sp³-hybridized carbons (Fsp3) is 0.500. The quantitative estimate of drug-likeness (QED) is 0.537. The van der Waals surface area contributed by atoms with Gasteiger partial charge in [0.25, 0.3) is 0 Å². The first-order valence-corrected chi connectivity index (χ1v) is 7.01. The van der Waals surface area contributed by atoms with E-state index >= 15 is 0 Å². The van der Waals surface area contributed by atoms with Gasteiger partial charge in [0.2, 0.25) is 0 Å². The van der Waals surface area contributed by atoms with Gasteiger partial charge in [0.1, 0.15) is 0 Å². The van der Waals surface area contributed by atoms with Gasteiger partial charge >= 0.3 is 5.97 Å². The average molecular weight is 293 g/mol. The molecule has 0 saturated carbocycles. The molecule has 116 valence electrons. The molecule has 1 rings (SSSR count). The predicted molar refractivity (Wildman–Crippen MR) is 80.8 cm³/mol. The van der Waals surface area contributed by atoms with Crippen molar-refractivity contribution in [2.24, 2.45) is 0 Å². The number of carboxylic acid groups (broad SMARTS) is 1. The zero-order chi connectivity index (χ0) is 15.8. The lowest BCUT2D eigenvalue weighted by molar-refractivity contribution is -0.137. The van der Waals surface area contributed by atoms with Crippen molar-refractivity contribution in [3.8, 4) is 0 Å².